The molecule has 0 spiro atoms. The van der Waals surface area contributed by atoms with Crippen molar-refractivity contribution in [3.63, 3.8) is 0 Å². The van der Waals surface area contributed by atoms with Gasteiger partial charge in [-0.15, -0.1) is 0 Å². The monoisotopic (exact) mass is 419 g/mol. The van der Waals surface area contributed by atoms with Crippen LogP contribution < -0.4 is 0 Å². The number of carbonyl (C=O) groups excluding carboxylic acids is 1. The summed E-state index contributed by atoms with van der Waals surface area (Å²) in [5.41, 5.74) is -1.69. The number of Topliss-reactive ketones (excluding diaryl/α,β-unsaturated/α-hetero) is 1. The van der Waals surface area contributed by atoms with Gasteiger partial charge in [-0.05, 0) is 86.4 Å². The molecule has 5 aliphatic rings. The molecule has 2 N–H and O–H groups in total. The van der Waals surface area contributed by atoms with E-state index in [-0.39, 0.29) is 29.5 Å². The van der Waals surface area contributed by atoms with Crippen LogP contribution in [0.25, 0.3) is 0 Å². The van der Waals surface area contributed by atoms with Crippen LogP contribution in [0.3, 0.4) is 0 Å². The summed E-state index contributed by atoms with van der Waals surface area (Å²) < 4.78 is 28.7. The number of halogens is 2. The molecule has 0 aliphatic heterocycles. The molecular weight excluding hydrogens is 388 g/mol. The van der Waals surface area contributed by atoms with Gasteiger partial charge in [-0.25, -0.2) is 13.8 Å². The lowest BCUT2D eigenvalue weighted by Crippen LogP contribution is -2.50. The first-order valence-corrected chi connectivity index (χ1v) is 11.7. The summed E-state index contributed by atoms with van der Waals surface area (Å²) in [7, 11) is 0. The number of carbonyl (C=O) groups is 1. The van der Waals surface area contributed by atoms with Gasteiger partial charge in [0.25, 0.3) is 5.92 Å². The van der Waals surface area contributed by atoms with E-state index in [4.69, 9.17) is 0 Å². The molecule has 5 aliphatic carbocycles. The second-order valence-electron chi connectivity index (χ2n) is 11.2. The summed E-state index contributed by atoms with van der Waals surface area (Å²) in [6.45, 7) is 2.31. The minimum absolute atomic E-state index is 0.0179. The Balaban J connectivity index is 1.21. The highest BCUT2D eigenvalue weighted by Gasteiger charge is 2.84. The van der Waals surface area contributed by atoms with Crippen molar-refractivity contribution in [2.75, 3.05) is 0 Å². The minimum Gasteiger partial charge on any atom is -0.383 e. The van der Waals surface area contributed by atoms with Crippen molar-refractivity contribution >= 4 is 5.78 Å². The van der Waals surface area contributed by atoms with E-state index in [0.29, 0.717) is 35.9 Å². The largest absolute Gasteiger partial charge is 0.383 e. The van der Waals surface area contributed by atoms with Crippen molar-refractivity contribution in [3.8, 4) is 0 Å². The van der Waals surface area contributed by atoms with Crippen molar-refractivity contribution in [1.29, 1.82) is 0 Å². The summed E-state index contributed by atoms with van der Waals surface area (Å²) in [5.74, 6) is -0.850. The van der Waals surface area contributed by atoms with E-state index in [0.717, 1.165) is 44.9 Å². The van der Waals surface area contributed by atoms with Crippen molar-refractivity contribution in [3.05, 3.63) is 12.2 Å². The molecule has 30 heavy (non-hydrogen) atoms. The van der Waals surface area contributed by atoms with E-state index < -0.39 is 17.4 Å². The van der Waals surface area contributed by atoms with Crippen LogP contribution in [0.5, 0.6) is 0 Å². The number of H-pyrrole nitrogens is 1. The number of aromatic nitrogens is 3. The molecule has 0 radical (unpaired) electrons. The van der Waals surface area contributed by atoms with E-state index in [1.807, 2.05) is 0 Å². The number of aromatic amines is 1. The number of alkyl halides is 2. The topological polar surface area (TPSA) is 78.9 Å². The molecule has 1 unspecified atom stereocenters. The van der Waals surface area contributed by atoms with Crippen LogP contribution in [0.4, 0.5) is 8.78 Å². The zero-order chi connectivity index (χ0) is 20.9. The highest BCUT2D eigenvalue weighted by molar-refractivity contribution is 5.83. The Morgan fingerprint density at radius 2 is 1.83 bits per heavy atom. The number of nitrogens with one attached hydrogen (secondary N) is 1. The molecule has 0 saturated heterocycles. The van der Waals surface area contributed by atoms with Gasteiger partial charge in [-0.1, -0.05) is 6.92 Å². The van der Waals surface area contributed by atoms with Gasteiger partial charge in [-0.2, -0.15) is 5.10 Å². The summed E-state index contributed by atoms with van der Waals surface area (Å²) in [6.07, 6.45) is 8.64. The third-order valence-corrected chi connectivity index (χ3v) is 10.3. The van der Waals surface area contributed by atoms with E-state index in [1.165, 1.54) is 6.33 Å². The third kappa shape index (κ3) is 2.33. The Kier molecular flexibility index (Phi) is 3.94. The molecule has 5 saturated carbocycles. The molecule has 5 nitrogen and oxygen atoms in total. The number of hydrogen-bond donors (Lipinski definition) is 2. The maximum absolute atomic E-state index is 14.4. The van der Waals surface area contributed by atoms with Crippen LogP contribution in [0, 0.1) is 46.8 Å². The number of nitrogens with zero attached hydrogens (tertiary/aromatic N) is 2. The highest BCUT2D eigenvalue weighted by Crippen LogP contribution is 2.73. The summed E-state index contributed by atoms with van der Waals surface area (Å²) in [4.78, 5) is 17.2. The third-order valence-electron chi connectivity index (χ3n) is 10.3. The van der Waals surface area contributed by atoms with Gasteiger partial charge in [0.05, 0.1) is 12.3 Å². The molecule has 1 aromatic heterocycles. The molecule has 0 amide bonds. The average molecular weight is 420 g/mol. The van der Waals surface area contributed by atoms with Crippen LogP contribution in [-0.4, -0.2) is 37.6 Å². The second kappa shape index (κ2) is 6.11. The molecule has 1 aromatic rings. The van der Waals surface area contributed by atoms with Crippen LogP contribution >= 0.6 is 0 Å². The van der Waals surface area contributed by atoms with Crippen LogP contribution in [0.2, 0.25) is 0 Å². The Labute approximate surface area is 175 Å². The highest BCUT2D eigenvalue weighted by atomic mass is 19.3. The minimum atomic E-state index is -2.88. The number of hydrogen-bond acceptors (Lipinski definition) is 4. The lowest BCUT2D eigenvalue weighted by Gasteiger charge is -2.55. The van der Waals surface area contributed by atoms with Crippen molar-refractivity contribution < 1.29 is 18.7 Å². The zero-order valence-corrected chi connectivity index (χ0v) is 17.5. The van der Waals surface area contributed by atoms with Gasteiger partial charge in [0.15, 0.2) is 0 Å². The molecule has 6 rings (SSSR count). The maximum Gasteiger partial charge on any atom is 0.282 e. The molecular formula is C23H31F2N3O2. The lowest BCUT2D eigenvalue weighted by molar-refractivity contribution is -0.130. The molecule has 9 atom stereocenters. The Bertz CT molecular complexity index is 861. The van der Waals surface area contributed by atoms with Gasteiger partial charge in [-0.3, -0.25) is 9.89 Å². The molecule has 164 valence electrons. The fraction of sp³-hybridized carbons (Fsp3) is 0.870. The summed E-state index contributed by atoms with van der Waals surface area (Å²) in [5, 5.41) is 17.1. The smallest absolute Gasteiger partial charge is 0.282 e. The number of ketones is 1. The van der Waals surface area contributed by atoms with E-state index >= 15 is 0 Å². The lowest BCUT2D eigenvalue weighted by atomic mass is 9.49. The van der Waals surface area contributed by atoms with Gasteiger partial charge in [0.2, 0.25) is 0 Å². The SMILES string of the molecule is C[C@]12CC[C@@H]3[C@H]4CC[C@@]5(O)C([C@@H]4CC[C@H]3[C@@H]1CC[C@@H]2C(=O)Cc1ncn[nH]1)C5(F)F. The fourth-order valence-corrected chi connectivity index (χ4v) is 8.96. The number of aliphatic hydroxyl groups is 1. The van der Waals surface area contributed by atoms with Gasteiger partial charge in [0.1, 0.15) is 23.5 Å². The summed E-state index contributed by atoms with van der Waals surface area (Å²) >= 11 is 0. The van der Waals surface area contributed by atoms with Crippen LogP contribution in [0.1, 0.15) is 64.1 Å². The fourth-order valence-electron chi connectivity index (χ4n) is 8.96. The zero-order valence-electron chi connectivity index (χ0n) is 17.5. The molecule has 0 aromatic carbocycles. The molecule has 1 heterocycles. The van der Waals surface area contributed by atoms with Crippen LogP contribution in [0.15, 0.2) is 6.33 Å². The predicted molar refractivity (Wildman–Crippen MR) is 104 cm³/mol. The summed E-state index contributed by atoms with van der Waals surface area (Å²) in [6, 6.07) is 0. The first kappa shape index (κ1) is 19.3. The van der Waals surface area contributed by atoms with E-state index in [2.05, 4.69) is 22.1 Å². The average Bonchev–Trinajstić information content (AvgIpc) is 3.13. The Morgan fingerprint density at radius 3 is 2.60 bits per heavy atom. The van der Waals surface area contributed by atoms with Crippen molar-refractivity contribution in [2.24, 2.45) is 46.8 Å². The van der Waals surface area contributed by atoms with E-state index in [9.17, 15) is 18.7 Å². The first-order valence-electron chi connectivity index (χ1n) is 11.7. The second-order valence-corrected chi connectivity index (χ2v) is 11.2. The maximum atomic E-state index is 14.4. The van der Waals surface area contributed by atoms with Gasteiger partial charge < -0.3 is 5.11 Å². The van der Waals surface area contributed by atoms with E-state index in [1.54, 1.807) is 0 Å². The number of rotatable bonds is 3. The molecule has 5 fully saturated rings. The predicted octanol–water partition coefficient (Wildman–Crippen LogP) is 3.79. The molecule has 0 bridgehead atoms. The molecule has 7 heteroatoms. The van der Waals surface area contributed by atoms with Crippen molar-refractivity contribution in [2.45, 2.75) is 76.2 Å². The Morgan fingerprint density at radius 1 is 1.10 bits per heavy atom. The standard InChI is InChI=1S/C23H31F2N3O2/c1-21-8-6-12-13-7-9-22(30)20(23(22,24)25)15(13)3-2-14(12)16(21)4-5-17(21)18(29)10-19-26-11-27-28-19/h11-17,20,30H,2-10H2,1H3,(H,26,27,28)/t12-,13-,14-,15-,16+,17-,20?,21+,22-/m1/s1. The number of fused-ring (bicyclic) bond motifs is 7. The van der Waals surface area contributed by atoms with Gasteiger partial charge in [0, 0.05) is 5.92 Å². The van der Waals surface area contributed by atoms with Crippen LogP contribution in [-0.2, 0) is 11.2 Å². The normalized spacial score (nSPS) is 50.7. The Hall–Kier alpha value is -1.37. The van der Waals surface area contributed by atoms with Gasteiger partial charge >= 0.3 is 0 Å². The first-order chi connectivity index (χ1) is 14.3. The van der Waals surface area contributed by atoms with Crippen molar-refractivity contribution in [1.82, 2.24) is 15.2 Å². The quantitative estimate of drug-likeness (QED) is 0.781.